The molecule has 3 atom stereocenters. The second-order valence-corrected chi connectivity index (χ2v) is 5.73. The lowest BCUT2D eigenvalue weighted by atomic mass is 9.75. The zero-order valence-electron chi connectivity index (χ0n) is 11.4. The maximum Gasteiger partial charge on any atom is 0.313 e. The molecule has 1 saturated carbocycles. The zero-order chi connectivity index (χ0) is 13.0. The average molecular weight is 240 g/mol. The number of carbonyl (C=O) groups excluding carboxylic acids is 2. The van der Waals surface area contributed by atoms with E-state index in [-0.39, 0.29) is 24.3 Å². The standard InChI is InChI=1S/C14H24O3/c1-9(2)12-6-5-10(3)7-13(12)17-14(16)8-11(4)15/h9-10,12-13H,5-8H2,1-4H3/t10-,12+,13+/m0/s1. The molecule has 17 heavy (non-hydrogen) atoms. The van der Waals surface area contributed by atoms with Crippen molar-refractivity contribution in [2.24, 2.45) is 17.8 Å². The smallest absolute Gasteiger partial charge is 0.313 e. The summed E-state index contributed by atoms with van der Waals surface area (Å²) in [6.45, 7) is 7.96. The summed E-state index contributed by atoms with van der Waals surface area (Å²) in [4.78, 5) is 22.4. The fourth-order valence-electron chi connectivity index (χ4n) is 2.66. The Hall–Kier alpha value is -0.860. The lowest BCUT2D eigenvalue weighted by Gasteiger charge is -2.36. The molecule has 0 aromatic rings. The monoisotopic (exact) mass is 240 g/mol. The number of ketones is 1. The van der Waals surface area contributed by atoms with Crippen molar-refractivity contribution in [2.45, 2.75) is 59.5 Å². The molecule has 0 aromatic carbocycles. The Morgan fingerprint density at radius 2 is 1.94 bits per heavy atom. The Morgan fingerprint density at radius 1 is 1.29 bits per heavy atom. The predicted octanol–water partition coefficient (Wildman–Crippen LogP) is 2.97. The molecule has 0 aromatic heterocycles. The third kappa shape index (κ3) is 4.49. The van der Waals surface area contributed by atoms with Gasteiger partial charge in [-0.05, 0) is 37.5 Å². The Labute approximate surface area is 104 Å². The first kappa shape index (κ1) is 14.2. The van der Waals surface area contributed by atoms with Crippen molar-refractivity contribution < 1.29 is 14.3 Å². The van der Waals surface area contributed by atoms with Gasteiger partial charge in [0.05, 0.1) is 0 Å². The van der Waals surface area contributed by atoms with Gasteiger partial charge >= 0.3 is 5.97 Å². The van der Waals surface area contributed by atoms with E-state index in [4.69, 9.17) is 4.74 Å². The second kappa shape index (κ2) is 6.18. The number of carbonyl (C=O) groups is 2. The molecule has 1 aliphatic carbocycles. The van der Waals surface area contributed by atoms with Gasteiger partial charge < -0.3 is 4.74 Å². The van der Waals surface area contributed by atoms with Crippen LogP contribution in [0.3, 0.4) is 0 Å². The molecule has 0 radical (unpaired) electrons. The van der Waals surface area contributed by atoms with Crippen LogP contribution in [0.4, 0.5) is 0 Å². The van der Waals surface area contributed by atoms with Crippen molar-refractivity contribution in [3.05, 3.63) is 0 Å². The fraction of sp³-hybridized carbons (Fsp3) is 0.857. The van der Waals surface area contributed by atoms with Crippen molar-refractivity contribution in [1.82, 2.24) is 0 Å². The van der Waals surface area contributed by atoms with Crippen LogP contribution in [-0.2, 0) is 14.3 Å². The molecule has 98 valence electrons. The van der Waals surface area contributed by atoms with Crippen LogP contribution in [0, 0.1) is 17.8 Å². The Balaban J connectivity index is 2.57. The molecular formula is C14H24O3. The van der Waals surface area contributed by atoms with Gasteiger partial charge in [-0.3, -0.25) is 9.59 Å². The van der Waals surface area contributed by atoms with E-state index in [1.807, 2.05) is 0 Å². The highest BCUT2D eigenvalue weighted by Crippen LogP contribution is 2.35. The SMILES string of the molecule is CC(=O)CC(=O)O[C@@H]1C[C@@H](C)CC[C@@H]1C(C)C. The van der Waals surface area contributed by atoms with Crippen LogP contribution in [0.5, 0.6) is 0 Å². The molecule has 0 heterocycles. The highest BCUT2D eigenvalue weighted by molar-refractivity contribution is 5.94. The summed E-state index contributed by atoms with van der Waals surface area (Å²) < 4.78 is 5.49. The van der Waals surface area contributed by atoms with Gasteiger partial charge in [0.25, 0.3) is 0 Å². The maximum absolute atomic E-state index is 11.6. The molecule has 0 saturated heterocycles. The van der Waals surface area contributed by atoms with Crippen LogP contribution in [0.15, 0.2) is 0 Å². The van der Waals surface area contributed by atoms with Crippen LogP contribution in [0.1, 0.15) is 53.4 Å². The predicted molar refractivity (Wildman–Crippen MR) is 66.5 cm³/mol. The Morgan fingerprint density at radius 3 is 2.47 bits per heavy atom. The minimum absolute atomic E-state index is 0.00519. The van der Waals surface area contributed by atoms with Crippen LogP contribution in [0.2, 0.25) is 0 Å². The number of rotatable bonds is 4. The highest BCUT2D eigenvalue weighted by atomic mass is 16.5. The molecule has 0 aliphatic heterocycles. The maximum atomic E-state index is 11.6. The van der Waals surface area contributed by atoms with Crippen molar-refractivity contribution in [3.63, 3.8) is 0 Å². The Kier molecular flexibility index (Phi) is 5.16. The number of hydrogen-bond donors (Lipinski definition) is 0. The van der Waals surface area contributed by atoms with Gasteiger partial charge in [-0.15, -0.1) is 0 Å². The van der Waals surface area contributed by atoms with E-state index in [1.165, 1.54) is 13.3 Å². The van der Waals surface area contributed by atoms with Gasteiger partial charge in [-0.2, -0.15) is 0 Å². The lowest BCUT2D eigenvalue weighted by Crippen LogP contribution is -2.36. The summed E-state index contributed by atoms with van der Waals surface area (Å²) in [6, 6.07) is 0. The summed E-state index contributed by atoms with van der Waals surface area (Å²) in [5.74, 6) is 1.10. The topological polar surface area (TPSA) is 43.4 Å². The van der Waals surface area contributed by atoms with Gasteiger partial charge in [-0.25, -0.2) is 0 Å². The molecule has 3 heteroatoms. The van der Waals surface area contributed by atoms with Gasteiger partial charge in [0, 0.05) is 0 Å². The first-order valence-corrected chi connectivity index (χ1v) is 6.59. The molecule has 1 aliphatic rings. The molecule has 0 unspecified atom stereocenters. The molecule has 1 fully saturated rings. The van der Waals surface area contributed by atoms with Crippen LogP contribution in [-0.4, -0.2) is 17.9 Å². The van der Waals surface area contributed by atoms with Gasteiger partial charge in [0.2, 0.25) is 0 Å². The average Bonchev–Trinajstić information content (AvgIpc) is 2.15. The summed E-state index contributed by atoms with van der Waals surface area (Å²) in [7, 11) is 0. The van der Waals surface area contributed by atoms with Gasteiger partial charge in [-0.1, -0.05) is 27.2 Å². The van der Waals surface area contributed by atoms with Gasteiger partial charge in [0.15, 0.2) is 0 Å². The first-order valence-electron chi connectivity index (χ1n) is 6.59. The molecule has 0 amide bonds. The summed E-state index contributed by atoms with van der Waals surface area (Å²) in [5.41, 5.74) is 0. The van der Waals surface area contributed by atoms with Crippen molar-refractivity contribution in [3.8, 4) is 0 Å². The lowest BCUT2D eigenvalue weighted by molar-refractivity contribution is -0.157. The molecule has 1 rings (SSSR count). The summed E-state index contributed by atoms with van der Waals surface area (Å²) >= 11 is 0. The number of esters is 1. The number of ether oxygens (including phenoxy) is 1. The van der Waals surface area contributed by atoms with Crippen LogP contribution < -0.4 is 0 Å². The quantitative estimate of drug-likeness (QED) is 0.560. The first-order chi connectivity index (χ1) is 7.90. The van der Waals surface area contributed by atoms with Crippen molar-refractivity contribution in [1.29, 1.82) is 0 Å². The van der Waals surface area contributed by atoms with Crippen LogP contribution >= 0.6 is 0 Å². The van der Waals surface area contributed by atoms with Crippen molar-refractivity contribution in [2.75, 3.05) is 0 Å². The zero-order valence-corrected chi connectivity index (χ0v) is 11.4. The van der Waals surface area contributed by atoms with E-state index in [1.54, 1.807) is 0 Å². The number of hydrogen-bond acceptors (Lipinski definition) is 3. The molecular weight excluding hydrogens is 216 g/mol. The van der Waals surface area contributed by atoms with E-state index in [9.17, 15) is 9.59 Å². The van der Waals surface area contributed by atoms with E-state index >= 15 is 0 Å². The van der Waals surface area contributed by atoms with E-state index in [0.29, 0.717) is 17.8 Å². The van der Waals surface area contributed by atoms with Crippen molar-refractivity contribution >= 4 is 11.8 Å². The third-order valence-electron chi connectivity index (χ3n) is 3.64. The normalized spacial score (nSPS) is 29.1. The largest absolute Gasteiger partial charge is 0.462 e. The highest BCUT2D eigenvalue weighted by Gasteiger charge is 2.33. The second-order valence-electron chi connectivity index (χ2n) is 5.73. The summed E-state index contributed by atoms with van der Waals surface area (Å²) in [5, 5.41) is 0. The molecule has 0 spiro atoms. The van der Waals surface area contributed by atoms with E-state index in [0.717, 1.165) is 12.8 Å². The third-order valence-corrected chi connectivity index (χ3v) is 3.64. The number of Topliss-reactive ketones (excluding diaryl/α,β-unsaturated/α-hetero) is 1. The molecule has 3 nitrogen and oxygen atoms in total. The minimum Gasteiger partial charge on any atom is -0.462 e. The minimum atomic E-state index is -0.359. The van der Waals surface area contributed by atoms with Gasteiger partial charge in [0.1, 0.15) is 18.3 Å². The van der Waals surface area contributed by atoms with E-state index < -0.39 is 0 Å². The summed E-state index contributed by atoms with van der Waals surface area (Å²) in [6.07, 6.45) is 3.19. The molecule has 0 bridgehead atoms. The molecule has 0 N–H and O–H groups in total. The van der Waals surface area contributed by atoms with E-state index in [2.05, 4.69) is 20.8 Å². The Bertz CT molecular complexity index is 283. The fourth-order valence-corrected chi connectivity index (χ4v) is 2.66. The van der Waals surface area contributed by atoms with Crippen LogP contribution in [0.25, 0.3) is 0 Å².